The van der Waals surface area contributed by atoms with E-state index in [1.807, 2.05) is 0 Å². The molecule has 0 radical (unpaired) electrons. The summed E-state index contributed by atoms with van der Waals surface area (Å²) in [6, 6.07) is 0. The van der Waals surface area contributed by atoms with Crippen LogP contribution in [-0.2, 0) is 0 Å². The van der Waals surface area contributed by atoms with Gasteiger partial charge in [-0.25, -0.2) is 0 Å². The average Bonchev–Trinajstić information content (AvgIpc) is 2.90. The Bertz CT molecular complexity index is 534. The molecular formula is C25H44. The smallest absolute Gasteiger partial charge is 0.0201 e. The number of fused-ring (bicyclic) bond motifs is 2. The highest BCUT2D eigenvalue weighted by molar-refractivity contribution is 5.27. The van der Waals surface area contributed by atoms with Crippen LogP contribution in [0.2, 0.25) is 0 Å². The molecule has 0 heterocycles. The lowest BCUT2D eigenvalue weighted by atomic mass is 9.35. The molecule has 4 fully saturated rings. The van der Waals surface area contributed by atoms with Crippen molar-refractivity contribution in [2.75, 3.05) is 0 Å². The third-order valence-electron chi connectivity index (χ3n) is 11.4. The fraction of sp³-hybridized carbons (Fsp3) is 1.00. The highest BCUT2D eigenvalue weighted by atomic mass is 14.8. The van der Waals surface area contributed by atoms with Gasteiger partial charge in [0, 0.05) is 0 Å². The zero-order valence-electron chi connectivity index (χ0n) is 18.4. The molecule has 25 heavy (non-hydrogen) atoms. The largest absolute Gasteiger partial charge is 0.0651 e. The molecule has 0 N–H and O–H groups in total. The maximum Gasteiger partial charge on any atom is -0.0201 e. The molecule has 0 amide bonds. The van der Waals surface area contributed by atoms with Gasteiger partial charge in [-0.15, -0.1) is 0 Å². The molecule has 1 spiro atoms. The Morgan fingerprint density at radius 1 is 0.960 bits per heavy atom. The second-order valence-electron chi connectivity index (χ2n) is 12.0. The number of rotatable bonds is 5. The fourth-order valence-electron chi connectivity index (χ4n) is 9.46. The summed E-state index contributed by atoms with van der Waals surface area (Å²) in [7, 11) is 0. The van der Waals surface area contributed by atoms with Crippen molar-refractivity contribution in [1.82, 2.24) is 0 Å². The highest BCUT2D eigenvalue weighted by Crippen LogP contribution is 2.86. The first-order valence-corrected chi connectivity index (χ1v) is 11.6. The first-order valence-electron chi connectivity index (χ1n) is 11.6. The molecule has 4 aliphatic rings. The molecule has 144 valence electrons. The van der Waals surface area contributed by atoms with Crippen molar-refractivity contribution < 1.29 is 0 Å². The zero-order valence-corrected chi connectivity index (χ0v) is 18.4. The fourth-order valence-corrected chi connectivity index (χ4v) is 9.46. The van der Waals surface area contributed by atoms with Gasteiger partial charge in [0.05, 0.1) is 0 Å². The Kier molecular flexibility index (Phi) is 4.05. The molecule has 0 aromatic heterocycles. The van der Waals surface area contributed by atoms with Crippen LogP contribution in [0.25, 0.3) is 0 Å². The summed E-state index contributed by atoms with van der Waals surface area (Å²) in [4.78, 5) is 0. The Balaban J connectivity index is 1.61. The molecule has 4 saturated carbocycles. The maximum absolute atomic E-state index is 2.74. The van der Waals surface area contributed by atoms with E-state index in [4.69, 9.17) is 0 Å². The minimum atomic E-state index is 0.550. The minimum absolute atomic E-state index is 0.550. The van der Waals surface area contributed by atoms with Crippen LogP contribution in [0.4, 0.5) is 0 Å². The van der Waals surface area contributed by atoms with Gasteiger partial charge in [0.2, 0.25) is 0 Å². The number of hydrogen-bond acceptors (Lipinski definition) is 0. The quantitative estimate of drug-likeness (QED) is 0.486. The third-order valence-corrected chi connectivity index (χ3v) is 11.4. The molecular weight excluding hydrogens is 300 g/mol. The van der Waals surface area contributed by atoms with Crippen LogP contribution in [0.5, 0.6) is 0 Å². The molecule has 4 aliphatic carbocycles. The molecule has 10 atom stereocenters. The zero-order chi connectivity index (χ0) is 18.4. The standard InChI is InChI=1S/C25H44/c1-9-16(4)10-17(5)20-12-19-13-22-21-11-18(6)24(8,15(2)3)23(21,7)14-25(19,20)22/h15-22H,9-14H2,1-8H3. The van der Waals surface area contributed by atoms with Crippen LogP contribution in [0.1, 0.15) is 93.9 Å². The predicted octanol–water partition coefficient (Wildman–Crippen LogP) is 7.43. The Morgan fingerprint density at radius 2 is 1.64 bits per heavy atom. The van der Waals surface area contributed by atoms with Crippen molar-refractivity contribution in [2.45, 2.75) is 93.9 Å². The SMILES string of the molecule is CCC(C)CC(C)C1CC2CC3C4CC(C)C(C)(C(C)C)C4(C)CC213. The molecule has 10 unspecified atom stereocenters. The van der Waals surface area contributed by atoms with E-state index in [0.717, 1.165) is 52.8 Å². The summed E-state index contributed by atoms with van der Waals surface area (Å²) in [6.45, 7) is 20.5. The summed E-state index contributed by atoms with van der Waals surface area (Å²) in [5.41, 5.74) is 1.94. The van der Waals surface area contributed by atoms with Crippen LogP contribution in [0, 0.1) is 63.6 Å². The second-order valence-corrected chi connectivity index (χ2v) is 12.0. The monoisotopic (exact) mass is 344 g/mol. The maximum atomic E-state index is 2.74. The summed E-state index contributed by atoms with van der Waals surface area (Å²) in [5, 5.41) is 0. The first-order chi connectivity index (χ1) is 11.6. The van der Waals surface area contributed by atoms with Crippen molar-refractivity contribution in [1.29, 1.82) is 0 Å². The van der Waals surface area contributed by atoms with Crippen LogP contribution < -0.4 is 0 Å². The van der Waals surface area contributed by atoms with Crippen molar-refractivity contribution in [3.63, 3.8) is 0 Å². The molecule has 0 bridgehead atoms. The number of hydrogen-bond donors (Lipinski definition) is 0. The normalized spacial score (nSPS) is 55.8. The minimum Gasteiger partial charge on any atom is -0.0651 e. The second kappa shape index (κ2) is 5.51. The Labute approximate surface area is 157 Å². The highest BCUT2D eigenvalue weighted by Gasteiger charge is 2.79. The van der Waals surface area contributed by atoms with Crippen LogP contribution in [0.15, 0.2) is 0 Å². The Hall–Kier alpha value is 0. The lowest BCUT2D eigenvalue weighted by Gasteiger charge is -2.69. The van der Waals surface area contributed by atoms with Gasteiger partial charge >= 0.3 is 0 Å². The van der Waals surface area contributed by atoms with E-state index in [2.05, 4.69) is 55.4 Å². The summed E-state index contributed by atoms with van der Waals surface area (Å²) in [5.74, 6) is 7.89. The van der Waals surface area contributed by atoms with E-state index in [1.54, 1.807) is 19.3 Å². The molecule has 0 saturated heterocycles. The van der Waals surface area contributed by atoms with Gasteiger partial charge in [-0.2, -0.15) is 0 Å². The van der Waals surface area contributed by atoms with Gasteiger partial charge in [-0.3, -0.25) is 0 Å². The Morgan fingerprint density at radius 3 is 2.20 bits per heavy atom. The van der Waals surface area contributed by atoms with Crippen LogP contribution in [-0.4, -0.2) is 0 Å². The summed E-state index contributed by atoms with van der Waals surface area (Å²) < 4.78 is 0. The van der Waals surface area contributed by atoms with Gasteiger partial charge in [0.1, 0.15) is 0 Å². The van der Waals surface area contributed by atoms with Crippen LogP contribution in [0.3, 0.4) is 0 Å². The lowest BCUT2D eigenvalue weighted by molar-refractivity contribution is -0.212. The van der Waals surface area contributed by atoms with Gasteiger partial charge in [-0.1, -0.05) is 61.8 Å². The third kappa shape index (κ3) is 1.96. The van der Waals surface area contributed by atoms with E-state index in [0.29, 0.717) is 10.8 Å². The molecule has 0 nitrogen and oxygen atoms in total. The molecule has 0 heteroatoms. The van der Waals surface area contributed by atoms with Crippen LogP contribution >= 0.6 is 0 Å². The van der Waals surface area contributed by atoms with E-state index >= 15 is 0 Å². The van der Waals surface area contributed by atoms with E-state index in [-0.39, 0.29) is 0 Å². The lowest BCUT2D eigenvalue weighted by Crippen LogP contribution is -2.63. The van der Waals surface area contributed by atoms with Crippen molar-refractivity contribution in [3.05, 3.63) is 0 Å². The topological polar surface area (TPSA) is 0 Å². The molecule has 4 rings (SSSR count). The average molecular weight is 345 g/mol. The molecule has 0 aliphatic heterocycles. The van der Waals surface area contributed by atoms with Crippen molar-refractivity contribution in [3.8, 4) is 0 Å². The van der Waals surface area contributed by atoms with Gasteiger partial charge in [0.25, 0.3) is 0 Å². The van der Waals surface area contributed by atoms with E-state index in [1.165, 1.54) is 19.3 Å². The van der Waals surface area contributed by atoms with Crippen molar-refractivity contribution >= 4 is 0 Å². The first kappa shape index (κ1) is 18.4. The van der Waals surface area contributed by atoms with E-state index < -0.39 is 0 Å². The predicted molar refractivity (Wildman–Crippen MR) is 108 cm³/mol. The van der Waals surface area contributed by atoms with E-state index in [9.17, 15) is 0 Å². The van der Waals surface area contributed by atoms with Gasteiger partial charge < -0.3 is 0 Å². The van der Waals surface area contributed by atoms with Gasteiger partial charge in [-0.05, 0) is 95.7 Å². The summed E-state index contributed by atoms with van der Waals surface area (Å²) >= 11 is 0. The molecule has 0 aromatic carbocycles. The summed E-state index contributed by atoms with van der Waals surface area (Å²) in [6.07, 6.45) is 9.10. The van der Waals surface area contributed by atoms with Crippen molar-refractivity contribution in [2.24, 2.45) is 63.6 Å². The molecule has 0 aromatic rings. The van der Waals surface area contributed by atoms with Gasteiger partial charge in [0.15, 0.2) is 0 Å².